The lowest BCUT2D eigenvalue weighted by molar-refractivity contribution is 0.0745. The zero-order chi connectivity index (χ0) is 18.7. The van der Waals surface area contributed by atoms with Crippen molar-refractivity contribution in [1.29, 1.82) is 0 Å². The molecule has 3 heterocycles. The molecule has 0 bridgehead atoms. The van der Waals surface area contributed by atoms with Crippen LogP contribution < -0.4 is 5.32 Å². The Morgan fingerprint density at radius 3 is 2.92 bits per heavy atom. The van der Waals surface area contributed by atoms with Crippen LogP contribution in [0, 0.1) is 0 Å². The molecule has 0 aliphatic carbocycles. The van der Waals surface area contributed by atoms with E-state index in [2.05, 4.69) is 15.4 Å². The predicted molar refractivity (Wildman–Crippen MR) is 98.9 cm³/mol. The number of nitrogens with one attached hydrogen (secondary N) is 1. The van der Waals surface area contributed by atoms with Gasteiger partial charge in [0.25, 0.3) is 5.91 Å². The van der Waals surface area contributed by atoms with Gasteiger partial charge in [-0.25, -0.2) is 4.98 Å². The summed E-state index contributed by atoms with van der Waals surface area (Å²) >= 11 is 0. The number of carbonyl (C=O) groups is 1. The number of anilines is 1. The second-order valence-corrected chi connectivity index (χ2v) is 6.82. The average Bonchev–Trinajstić information content (AvgIpc) is 2.92. The predicted octanol–water partition coefficient (Wildman–Crippen LogP) is 0.961. The van der Waals surface area contributed by atoms with E-state index in [-0.39, 0.29) is 5.91 Å². The van der Waals surface area contributed by atoms with Crippen LogP contribution >= 0.6 is 0 Å². The summed E-state index contributed by atoms with van der Waals surface area (Å²) in [6.07, 6.45) is 1.83. The maximum Gasteiger partial charge on any atom is 0.254 e. The minimum absolute atomic E-state index is 0.0195. The van der Waals surface area contributed by atoms with Crippen LogP contribution in [-0.2, 0) is 13.1 Å². The molecule has 2 N–H and O–H groups in total. The van der Waals surface area contributed by atoms with Crippen LogP contribution in [0.2, 0.25) is 0 Å². The number of aromatic nitrogens is 3. The van der Waals surface area contributed by atoms with Crippen LogP contribution in [0.25, 0.3) is 0 Å². The number of hydrogen-bond donors (Lipinski definition) is 2. The van der Waals surface area contributed by atoms with E-state index in [1.165, 1.54) is 0 Å². The molecule has 8 heteroatoms. The van der Waals surface area contributed by atoms with Gasteiger partial charge < -0.3 is 20.2 Å². The highest BCUT2D eigenvalue weighted by Crippen LogP contribution is 2.20. The van der Waals surface area contributed by atoms with Gasteiger partial charge in [0.15, 0.2) is 0 Å². The van der Waals surface area contributed by atoms with Gasteiger partial charge in [-0.1, -0.05) is 0 Å². The van der Waals surface area contributed by atoms with Gasteiger partial charge in [0.2, 0.25) is 0 Å². The molecule has 8 nitrogen and oxygen atoms in total. The number of carbonyl (C=O) groups excluding carboxylic acids is 1. The Kier molecular flexibility index (Phi) is 5.53. The first-order chi connectivity index (χ1) is 12.5. The minimum Gasteiger partial charge on any atom is -0.385 e. The molecule has 0 unspecified atom stereocenters. The van der Waals surface area contributed by atoms with Crippen molar-refractivity contribution in [3.8, 4) is 0 Å². The van der Waals surface area contributed by atoms with Crippen molar-refractivity contribution in [3.63, 3.8) is 0 Å². The zero-order valence-corrected chi connectivity index (χ0v) is 15.5. The van der Waals surface area contributed by atoms with Crippen LogP contribution in [-0.4, -0.2) is 69.8 Å². The number of pyridine rings is 1. The van der Waals surface area contributed by atoms with E-state index in [1.807, 2.05) is 34.6 Å². The Morgan fingerprint density at radius 1 is 1.38 bits per heavy atom. The lowest BCUT2D eigenvalue weighted by Crippen LogP contribution is -2.30. The minimum atomic E-state index is -0.632. The Hall–Kier alpha value is -2.45. The van der Waals surface area contributed by atoms with Gasteiger partial charge in [0.05, 0.1) is 17.9 Å². The largest absolute Gasteiger partial charge is 0.385 e. The van der Waals surface area contributed by atoms with Crippen molar-refractivity contribution in [2.45, 2.75) is 25.6 Å². The van der Waals surface area contributed by atoms with Crippen molar-refractivity contribution in [3.05, 3.63) is 41.3 Å². The summed E-state index contributed by atoms with van der Waals surface area (Å²) in [6, 6.07) is 5.40. The lowest BCUT2D eigenvalue weighted by atomic mass is 10.2. The fraction of sp³-hybridized carbons (Fsp3) is 0.500. The molecule has 0 aromatic carbocycles. The molecule has 1 amide bonds. The van der Waals surface area contributed by atoms with Crippen molar-refractivity contribution >= 4 is 11.7 Å². The summed E-state index contributed by atoms with van der Waals surface area (Å²) in [6.45, 7) is 2.42. The molecule has 1 aliphatic rings. The van der Waals surface area contributed by atoms with Gasteiger partial charge in [0.1, 0.15) is 11.9 Å². The highest BCUT2D eigenvalue weighted by Gasteiger charge is 2.23. The summed E-state index contributed by atoms with van der Waals surface area (Å²) in [7, 11) is 5.61. The van der Waals surface area contributed by atoms with Crippen LogP contribution in [0.4, 0.5) is 5.82 Å². The molecule has 0 saturated heterocycles. The number of rotatable bonds is 5. The Bertz CT molecular complexity index is 773. The normalized spacial score (nSPS) is 15.5. The van der Waals surface area contributed by atoms with Crippen molar-refractivity contribution < 1.29 is 9.90 Å². The maximum atomic E-state index is 12.9. The quantitative estimate of drug-likeness (QED) is 0.828. The van der Waals surface area contributed by atoms with Gasteiger partial charge in [-0.3, -0.25) is 9.48 Å². The molecule has 140 valence electrons. The van der Waals surface area contributed by atoms with Gasteiger partial charge in [0, 0.05) is 38.4 Å². The number of nitrogens with zero attached hydrogens (tertiary/aromatic N) is 5. The van der Waals surface area contributed by atoms with Gasteiger partial charge in [-0.2, -0.15) is 5.10 Å². The standard InChI is InChI=1S/C18H26N6O2/c1-19-17-9-13(5-6-20-17)18(26)23-7-4-8-24-14(11-23)10-15(21-24)16(25)12-22(2)3/h5-6,9-10,16,25H,4,7-8,11-12H2,1-3H3,(H,19,20)/t16-/m0/s1. The molecule has 3 rings (SSSR count). The molecule has 0 fully saturated rings. The third-order valence-corrected chi connectivity index (χ3v) is 4.46. The molecule has 0 radical (unpaired) electrons. The number of aliphatic hydroxyl groups excluding tert-OH is 1. The van der Waals surface area contributed by atoms with Crippen molar-refractivity contribution in [2.75, 3.05) is 39.5 Å². The molecule has 2 aromatic rings. The summed E-state index contributed by atoms with van der Waals surface area (Å²) in [5.74, 6) is 0.652. The van der Waals surface area contributed by atoms with E-state index >= 15 is 0 Å². The summed E-state index contributed by atoms with van der Waals surface area (Å²) in [4.78, 5) is 20.8. The molecule has 1 atom stereocenters. The highest BCUT2D eigenvalue weighted by atomic mass is 16.3. The zero-order valence-electron chi connectivity index (χ0n) is 15.5. The SMILES string of the molecule is CNc1cc(C(=O)N2CCCn3nc([C@@H](O)CN(C)C)cc3C2)ccn1. The van der Waals surface area contributed by atoms with Crippen LogP contribution in [0.1, 0.15) is 34.3 Å². The Balaban J connectivity index is 1.78. The Labute approximate surface area is 153 Å². The molecular formula is C18H26N6O2. The maximum absolute atomic E-state index is 12.9. The van der Waals surface area contributed by atoms with Crippen LogP contribution in [0.5, 0.6) is 0 Å². The number of amides is 1. The first-order valence-corrected chi connectivity index (χ1v) is 8.80. The Morgan fingerprint density at radius 2 is 2.19 bits per heavy atom. The summed E-state index contributed by atoms with van der Waals surface area (Å²) in [5.41, 5.74) is 2.22. The van der Waals surface area contributed by atoms with Crippen LogP contribution in [0.3, 0.4) is 0 Å². The molecule has 0 spiro atoms. The first kappa shape index (κ1) is 18.3. The fourth-order valence-corrected chi connectivity index (χ4v) is 3.14. The third-order valence-electron chi connectivity index (χ3n) is 4.46. The van der Waals surface area contributed by atoms with Gasteiger partial charge in [-0.15, -0.1) is 0 Å². The van der Waals surface area contributed by atoms with E-state index in [9.17, 15) is 9.90 Å². The second-order valence-electron chi connectivity index (χ2n) is 6.82. The van der Waals surface area contributed by atoms with Crippen molar-refractivity contribution in [1.82, 2.24) is 24.6 Å². The number of likely N-dealkylation sites (N-methyl/N-ethyl adjacent to an activating group) is 1. The van der Waals surface area contributed by atoms with E-state index in [0.29, 0.717) is 36.7 Å². The number of aliphatic hydroxyl groups is 1. The van der Waals surface area contributed by atoms with E-state index < -0.39 is 6.10 Å². The van der Waals surface area contributed by atoms with E-state index in [1.54, 1.807) is 25.4 Å². The lowest BCUT2D eigenvalue weighted by Gasteiger charge is -2.20. The first-order valence-electron chi connectivity index (χ1n) is 8.80. The highest BCUT2D eigenvalue weighted by molar-refractivity contribution is 5.94. The second kappa shape index (κ2) is 7.84. The summed E-state index contributed by atoms with van der Waals surface area (Å²) in [5, 5.41) is 17.8. The van der Waals surface area contributed by atoms with Gasteiger partial charge >= 0.3 is 0 Å². The number of hydrogen-bond acceptors (Lipinski definition) is 6. The fourth-order valence-electron chi connectivity index (χ4n) is 3.14. The molecule has 0 saturated carbocycles. The van der Waals surface area contributed by atoms with Gasteiger partial charge in [-0.05, 0) is 38.7 Å². The molecule has 2 aromatic heterocycles. The van der Waals surface area contributed by atoms with Crippen LogP contribution in [0.15, 0.2) is 24.4 Å². The third kappa shape index (κ3) is 4.03. The average molecular weight is 358 g/mol. The molecule has 1 aliphatic heterocycles. The number of fused-ring (bicyclic) bond motifs is 1. The van der Waals surface area contributed by atoms with Crippen molar-refractivity contribution in [2.24, 2.45) is 0 Å². The summed E-state index contributed by atoms with van der Waals surface area (Å²) < 4.78 is 1.91. The smallest absolute Gasteiger partial charge is 0.254 e. The monoisotopic (exact) mass is 358 g/mol. The van der Waals surface area contributed by atoms with E-state index in [4.69, 9.17) is 0 Å². The topological polar surface area (TPSA) is 86.5 Å². The number of aryl methyl sites for hydroxylation is 1. The molecule has 26 heavy (non-hydrogen) atoms. The molecular weight excluding hydrogens is 332 g/mol. The van der Waals surface area contributed by atoms with E-state index in [0.717, 1.165) is 18.7 Å².